The Hall–Kier alpha value is -0.300. The summed E-state index contributed by atoms with van der Waals surface area (Å²) in [4.78, 5) is 0. The lowest BCUT2D eigenvalue weighted by Crippen LogP contribution is -2.22. The molecule has 1 unspecified atom stereocenters. The lowest BCUT2D eigenvalue weighted by atomic mass is 9.94. The molecule has 0 aliphatic carbocycles. The zero-order valence-electron chi connectivity index (χ0n) is 7.98. The fraction of sp³-hybridized carbons (Fsp3) is 0.800. The van der Waals surface area contributed by atoms with Crippen LogP contribution in [0.4, 0.5) is 0 Å². The molecule has 0 amide bonds. The van der Waals surface area contributed by atoms with Gasteiger partial charge in [-0.25, -0.2) is 0 Å². The Morgan fingerprint density at radius 1 is 1.45 bits per heavy atom. The van der Waals surface area contributed by atoms with Gasteiger partial charge in [-0.15, -0.1) is 0 Å². The first-order valence-electron chi connectivity index (χ1n) is 4.41. The molecule has 0 saturated carbocycles. The molecule has 0 aliphatic rings. The zero-order valence-corrected chi connectivity index (χ0v) is 7.98. The monoisotopic (exact) mass is 156 g/mol. The van der Waals surface area contributed by atoms with Crippen molar-refractivity contribution in [3.05, 3.63) is 12.2 Å². The standard InChI is InChI=1S/C10H20O/c1-5-9(3)7-8-10(4,11)6-2/h11H,3,5-8H2,1-2,4H3. The van der Waals surface area contributed by atoms with Crippen LogP contribution in [0.3, 0.4) is 0 Å². The summed E-state index contributed by atoms with van der Waals surface area (Å²) < 4.78 is 0. The molecule has 0 aromatic rings. The third-order valence-electron chi connectivity index (χ3n) is 2.28. The lowest BCUT2D eigenvalue weighted by Gasteiger charge is -2.21. The second-order valence-electron chi connectivity index (χ2n) is 3.45. The molecule has 0 rings (SSSR count). The molecule has 1 N–H and O–H groups in total. The lowest BCUT2D eigenvalue weighted by molar-refractivity contribution is 0.0472. The number of rotatable bonds is 5. The minimum Gasteiger partial charge on any atom is -0.390 e. The summed E-state index contributed by atoms with van der Waals surface area (Å²) in [7, 11) is 0. The van der Waals surface area contributed by atoms with Gasteiger partial charge in [0.2, 0.25) is 0 Å². The van der Waals surface area contributed by atoms with Crippen molar-refractivity contribution in [1.82, 2.24) is 0 Å². The molecule has 0 bridgehead atoms. The molecular weight excluding hydrogens is 136 g/mol. The first-order valence-corrected chi connectivity index (χ1v) is 4.41. The third-order valence-corrected chi connectivity index (χ3v) is 2.28. The van der Waals surface area contributed by atoms with Crippen LogP contribution in [0.15, 0.2) is 12.2 Å². The molecule has 0 spiro atoms. The fourth-order valence-corrected chi connectivity index (χ4v) is 0.800. The molecule has 0 aromatic carbocycles. The molecule has 0 heterocycles. The molecule has 1 nitrogen and oxygen atoms in total. The highest BCUT2D eigenvalue weighted by Crippen LogP contribution is 2.19. The number of hydrogen-bond donors (Lipinski definition) is 1. The third kappa shape index (κ3) is 5.02. The highest BCUT2D eigenvalue weighted by atomic mass is 16.3. The Morgan fingerprint density at radius 3 is 2.36 bits per heavy atom. The summed E-state index contributed by atoms with van der Waals surface area (Å²) in [6, 6.07) is 0. The van der Waals surface area contributed by atoms with Gasteiger partial charge in [0.05, 0.1) is 5.60 Å². The Bertz CT molecular complexity index is 125. The first kappa shape index (κ1) is 10.7. The summed E-state index contributed by atoms with van der Waals surface area (Å²) in [5, 5.41) is 9.63. The molecule has 11 heavy (non-hydrogen) atoms. The van der Waals surface area contributed by atoms with Crippen molar-refractivity contribution in [2.75, 3.05) is 0 Å². The smallest absolute Gasteiger partial charge is 0.0620 e. The fourth-order valence-electron chi connectivity index (χ4n) is 0.800. The molecule has 0 fully saturated rings. The molecular formula is C10H20O. The van der Waals surface area contributed by atoms with Crippen LogP contribution >= 0.6 is 0 Å². The van der Waals surface area contributed by atoms with Gasteiger partial charge in [0.1, 0.15) is 0 Å². The van der Waals surface area contributed by atoms with Crippen molar-refractivity contribution in [1.29, 1.82) is 0 Å². The van der Waals surface area contributed by atoms with E-state index in [1.807, 2.05) is 13.8 Å². The SMILES string of the molecule is C=C(CC)CCC(C)(O)CC. The van der Waals surface area contributed by atoms with Gasteiger partial charge < -0.3 is 5.11 Å². The zero-order chi connectivity index (χ0) is 8.91. The predicted octanol–water partition coefficient (Wildman–Crippen LogP) is 2.89. The summed E-state index contributed by atoms with van der Waals surface area (Å²) >= 11 is 0. The van der Waals surface area contributed by atoms with E-state index in [4.69, 9.17) is 0 Å². The van der Waals surface area contributed by atoms with Crippen molar-refractivity contribution in [2.45, 2.75) is 52.1 Å². The van der Waals surface area contributed by atoms with E-state index in [-0.39, 0.29) is 0 Å². The Labute approximate surface area is 70.1 Å². The molecule has 1 heteroatoms. The van der Waals surface area contributed by atoms with Crippen LogP contribution in [0, 0.1) is 0 Å². The first-order chi connectivity index (χ1) is 5.02. The largest absolute Gasteiger partial charge is 0.390 e. The van der Waals surface area contributed by atoms with E-state index >= 15 is 0 Å². The van der Waals surface area contributed by atoms with Gasteiger partial charge in [-0.05, 0) is 32.6 Å². The maximum atomic E-state index is 9.63. The maximum Gasteiger partial charge on any atom is 0.0620 e. The van der Waals surface area contributed by atoms with Gasteiger partial charge in [0.15, 0.2) is 0 Å². The van der Waals surface area contributed by atoms with Crippen LogP contribution in [0.5, 0.6) is 0 Å². The van der Waals surface area contributed by atoms with E-state index in [0.29, 0.717) is 0 Å². The normalized spacial score (nSPS) is 16.0. The van der Waals surface area contributed by atoms with Crippen LogP contribution in [-0.4, -0.2) is 10.7 Å². The van der Waals surface area contributed by atoms with Crippen LogP contribution in [0.2, 0.25) is 0 Å². The maximum absolute atomic E-state index is 9.63. The number of hydrogen-bond acceptors (Lipinski definition) is 1. The molecule has 0 aliphatic heterocycles. The Kier molecular flexibility index (Phi) is 4.43. The van der Waals surface area contributed by atoms with Crippen molar-refractivity contribution >= 4 is 0 Å². The Morgan fingerprint density at radius 2 is 2.00 bits per heavy atom. The van der Waals surface area contributed by atoms with E-state index in [1.54, 1.807) is 0 Å². The second-order valence-corrected chi connectivity index (χ2v) is 3.45. The van der Waals surface area contributed by atoms with Crippen molar-refractivity contribution in [3.8, 4) is 0 Å². The summed E-state index contributed by atoms with van der Waals surface area (Å²) in [5.41, 5.74) is 0.747. The highest BCUT2D eigenvalue weighted by Gasteiger charge is 2.16. The summed E-state index contributed by atoms with van der Waals surface area (Å²) in [5.74, 6) is 0. The van der Waals surface area contributed by atoms with E-state index in [2.05, 4.69) is 13.5 Å². The quantitative estimate of drug-likeness (QED) is 0.607. The van der Waals surface area contributed by atoms with Gasteiger partial charge in [-0.3, -0.25) is 0 Å². The number of aliphatic hydroxyl groups is 1. The van der Waals surface area contributed by atoms with Crippen LogP contribution in [-0.2, 0) is 0 Å². The summed E-state index contributed by atoms with van der Waals surface area (Å²) in [6.45, 7) is 9.89. The molecule has 1 atom stereocenters. The molecule has 66 valence electrons. The van der Waals surface area contributed by atoms with Crippen molar-refractivity contribution in [2.24, 2.45) is 0 Å². The molecule has 0 aromatic heterocycles. The topological polar surface area (TPSA) is 20.2 Å². The molecule has 0 radical (unpaired) electrons. The Balaban J connectivity index is 3.61. The average Bonchev–Trinajstić information content (AvgIpc) is 2.00. The predicted molar refractivity (Wildman–Crippen MR) is 49.6 cm³/mol. The van der Waals surface area contributed by atoms with Gasteiger partial charge in [-0.1, -0.05) is 26.0 Å². The van der Waals surface area contributed by atoms with Gasteiger partial charge in [0, 0.05) is 0 Å². The average molecular weight is 156 g/mol. The van der Waals surface area contributed by atoms with E-state index in [9.17, 15) is 5.11 Å². The van der Waals surface area contributed by atoms with Gasteiger partial charge >= 0.3 is 0 Å². The van der Waals surface area contributed by atoms with E-state index in [1.165, 1.54) is 5.57 Å². The van der Waals surface area contributed by atoms with E-state index < -0.39 is 5.60 Å². The van der Waals surface area contributed by atoms with Crippen molar-refractivity contribution in [3.63, 3.8) is 0 Å². The van der Waals surface area contributed by atoms with Gasteiger partial charge in [0.25, 0.3) is 0 Å². The summed E-state index contributed by atoms with van der Waals surface area (Å²) in [6.07, 6.45) is 3.65. The second kappa shape index (κ2) is 4.55. The van der Waals surface area contributed by atoms with Gasteiger partial charge in [-0.2, -0.15) is 0 Å². The van der Waals surface area contributed by atoms with Crippen LogP contribution in [0.25, 0.3) is 0 Å². The highest BCUT2D eigenvalue weighted by molar-refractivity contribution is 4.94. The minimum absolute atomic E-state index is 0.488. The van der Waals surface area contributed by atoms with Crippen molar-refractivity contribution < 1.29 is 5.11 Å². The van der Waals surface area contributed by atoms with E-state index in [0.717, 1.165) is 25.7 Å². The minimum atomic E-state index is -0.488. The van der Waals surface area contributed by atoms with Crippen LogP contribution < -0.4 is 0 Å². The van der Waals surface area contributed by atoms with Crippen LogP contribution in [0.1, 0.15) is 46.5 Å². The molecule has 0 saturated heterocycles. The number of allylic oxidation sites excluding steroid dienone is 1.